The molecule has 2 heterocycles. The number of aryl methyl sites for hydroxylation is 4. The van der Waals surface area contributed by atoms with E-state index in [4.69, 9.17) is 9.47 Å². The molecular formula is C54H80O2. The predicted molar refractivity (Wildman–Crippen MR) is 244 cm³/mol. The number of ether oxygens (including phenoxy) is 2. The molecule has 3 unspecified atom stereocenters. The zero-order chi connectivity index (χ0) is 40.6. The van der Waals surface area contributed by atoms with Crippen molar-refractivity contribution in [2.24, 2.45) is 23.7 Å². The minimum Gasteiger partial charge on any atom is -0.376 e. The highest BCUT2D eigenvalue weighted by atomic mass is 16.5. The van der Waals surface area contributed by atoms with Crippen molar-refractivity contribution in [3.63, 3.8) is 0 Å². The summed E-state index contributed by atoms with van der Waals surface area (Å²) in [7, 11) is 0. The summed E-state index contributed by atoms with van der Waals surface area (Å²) in [5.41, 5.74) is 11.5. The van der Waals surface area contributed by atoms with E-state index in [0.29, 0.717) is 29.6 Å². The summed E-state index contributed by atoms with van der Waals surface area (Å²) < 4.78 is 11.8. The van der Waals surface area contributed by atoms with Gasteiger partial charge in [0, 0.05) is 24.5 Å². The second kappa shape index (κ2) is 20.5. The lowest BCUT2D eigenvalue weighted by Gasteiger charge is -2.48. The molecule has 0 bridgehead atoms. The first-order valence-corrected chi connectivity index (χ1v) is 21.4. The SMILES string of the molecule is C.Cc1ccc(C(C(C)C)C2CCOC(C)(C)C2)cc1.Cc1ccc(C(c2ccc(C)cc2)C(C)C)cc1.Cc1ccc(C2(C(C)C)CCOC(C)(C)C2)cc1. The molecule has 0 saturated carbocycles. The van der Waals surface area contributed by atoms with Gasteiger partial charge in [0.2, 0.25) is 0 Å². The van der Waals surface area contributed by atoms with Crippen molar-refractivity contribution in [1.29, 1.82) is 0 Å². The highest BCUT2D eigenvalue weighted by molar-refractivity contribution is 5.36. The van der Waals surface area contributed by atoms with Crippen LogP contribution in [-0.2, 0) is 14.9 Å². The monoisotopic (exact) mass is 761 g/mol. The first-order valence-electron chi connectivity index (χ1n) is 21.4. The molecule has 2 aliphatic heterocycles. The van der Waals surface area contributed by atoms with Gasteiger partial charge in [-0.05, 0) is 133 Å². The number of hydrogen-bond acceptors (Lipinski definition) is 2. The van der Waals surface area contributed by atoms with Crippen LogP contribution in [0.5, 0.6) is 0 Å². The van der Waals surface area contributed by atoms with Crippen molar-refractivity contribution in [3.05, 3.63) is 142 Å². The second-order valence-electron chi connectivity index (χ2n) is 19.3. The number of hydrogen-bond donors (Lipinski definition) is 0. The van der Waals surface area contributed by atoms with E-state index in [1.807, 2.05) is 0 Å². The lowest BCUT2D eigenvalue weighted by atomic mass is 9.63. The Morgan fingerprint density at radius 2 is 0.929 bits per heavy atom. The van der Waals surface area contributed by atoms with Crippen LogP contribution in [0.25, 0.3) is 0 Å². The van der Waals surface area contributed by atoms with Crippen LogP contribution < -0.4 is 0 Å². The molecule has 308 valence electrons. The molecule has 0 aromatic heterocycles. The topological polar surface area (TPSA) is 18.5 Å². The van der Waals surface area contributed by atoms with E-state index in [1.54, 1.807) is 0 Å². The highest BCUT2D eigenvalue weighted by Crippen LogP contribution is 2.47. The maximum Gasteiger partial charge on any atom is 0.0635 e. The molecule has 6 rings (SSSR count). The fourth-order valence-corrected chi connectivity index (χ4v) is 9.45. The lowest BCUT2D eigenvalue weighted by molar-refractivity contribution is -0.0920. The average Bonchev–Trinajstić information content (AvgIpc) is 3.11. The third kappa shape index (κ3) is 12.9. The Bertz CT molecular complexity index is 1660. The Morgan fingerprint density at radius 3 is 1.30 bits per heavy atom. The summed E-state index contributed by atoms with van der Waals surface area (Å²) in [4.78, 5) is 0. The van der Waals surface area contributed by atoms with Crippen LogP contribution in [0.1, 0.15) is 159 Å². The van der Waals surface area contributed by atoms with E-state index in [-0.39, 0.29) is 24.0 Å². The Hall–Kier alpha value is -3.20. The van der Waals surface area contributed by atoms with Crippen LogP contribution in [0.4, 0.5) is 0 Å². The summed E-state index contributed by atoms with van der Waals surface area (Å²) >= 11 is 0. The number of rotatable bonds is 8. The van der Waals surface area contributed by atoms with E-state index in [1.165, 1.54) is 57.3 Å². The Labute approximate surface area is 345 Å². The predicted octanol–water partition coefficient (Wildman–Crippen LogP) is 15.1. The van der Waals surface area contributed by atoms with E-state index >= 15 is 0 Å². The van der Waals surface area contributed by atoms with E-state index < -0.39 is 0 Å². The molecular weight excluding hydrogens is 681 g/mol. The fraction of sp³-hybridized carbons (Fsp3) is 0.556. The van der Waals surface area contributed by atoms with Gasteiger partial charge in [-0.25, -0.2) is 0 Å². The molecule has 0 spiro atoms. The summed E-state index contributed by atoms with van der Waals surface area (Å²) in [6.07, 6.45) is 4.61. The van der Waals surface area contributed by atoms with Gasteiger partial charge in [-0.1, -0.05) is 168 Å². The van der Waals surface area contributed by atoms with Crippen LogP contribution in [0.2, 0.25) is 0 Å². The van der Waals surface area contributed by atoms with Gasteiger partial charge in [-0.2, -0.15) is 0 Å². The van der Waals surface area contributed by atoms with Crippen LogP contribution in [0.3, 0.4) is 0 Å². The molecule has 4 aromatic rings. The smallest absolute Gasteiger partial charge is 0.0635 e. The van der Waals surface area contributed by atoms with E-state index in [9.17, 15) is 0 Å². The standard InChI is InChI=1S/C18H28O.C18H22.C17H26O.CH4/c1-13(2)17(15-8-6-14(3)7-9-15)16-10-11-19-18(4,5)12-16;1-13(2)18(16-9-5-14(3)6-10-16)17-11-7-15(4)8-12-17;1-13(2)17(10-11-18-16(4,5)12-17)15-8-6-14(3)7-9-15;/h6-9,13,16-17H,10-12H2,1-5H3;5-13,18H,1-4H3;6-9,13H,10-12H2,1-5H3;1H4. The molecule has 2 fully saturated rings. The van der Waals surface area contributed by atoms with Gasteiger partial charge >= 0.3 is 0 Å². The van der Waals surface area contributed by atoms with Crippen LogP contribution in [0.15, 0.2) is 97.1 Å². The summed E-state index contributed by atoms with van der Waals surface area (Å²) in [5, 5.41) is 0. The van der Waals surface area contributed by atoms with Gasteiger partial charge in [-0.3, -0.25) is 0 Å². The molecule has 0 amide bonds. The molecule has 0 radical (unpaired) electrons. The van der Waals surface area contributed by atoms with Crippen LogP contribution in [0, 0.1) is 51.4 Å². The first kappa shape index (κ1) is 47.2. The highest BCUT2D eigenvalue weighted by Gasteiger charge is 2.44. The van der Waals surface area contributed by atoms with Gasteiger partial charge in [0.1, 0.15) is 0 Å². The Morgan fingerprint density at radius 1 is 0.518 bits per heavy atom. The maximum absolute atomic E-state index is 5.92. The summed E-state index contributed by atoms with van der Waals surface area (Å²) in [5.74, 6) is 3.82. The zero-order valence-corrected chi connectivity index (χ0v) is 37.3. The largest absolute Gasteiger partial charge is 0.376 e. The first-order chi connectivity index (χ1) is 25.8. The Kier molecular flexibility index (Phi) is 17.2. The van der Waals surface area contributed by atoms with E-state index in [0.717, 1.165) is 32.0 Å². The van der Waals surface area contributed by atoms with Crippen molar-refractivity contribution in [3.8, 4) is 0 Å². The molecule has 3 atom stereocenters. The summed E-state index contributed by atoms with van der Waals surface area (Å²) in [6, 6.07) is 36.1. The van der Waals surface area contributed by atoms with Crippen molar-refractivity contribution >= 4 is 0 Å². The van der Waals surface area contributed by atoms with Gasteiger partial charge in [0.15, 0.2) is 0 Å². The minimum atomic E-state index is -0.00654. The molecule has 2 aliphatic rings. The van der Waals surface area contributed by atoms with Crippen LogP contribution >= 0.6 is 0 Å². The lowest BCUT2D eigenvalue weighted by Crippen LogP contribution is -2.46. The summed E-state index contributed by atoms with van der Waals surface area (Å²) in [6.45, 7) is 33.3. The maximum atomic E-state index is 5.92. The fourth-order valence-electron chi connectivity index (χ4n) is 9.45. The van der Waals surface area contributed by atoms with Crippen molar-refractivity contribution in [1.82, 2.24) is 0 Å². The second-order valence-corrected chi connectivity index (χ2v) is 19.3. The van der Waals surface area contributed by atoms with Crippen molar-refractivity contribution < 1.29 is 9.47 Å². The normalized spacial score (nSPS) is 20.7. The quantitative estimate of drug-likeness (QED) is 0.178. The van der Waals surface area contributed by atoms with Crippen molar-refractivity contribution in [2.45, 2.75) is 158 Å². The molecule has 4 aromatic carbocycles. The van der Waals surface area contributed by atoms with Gasteiger partial charge < -0.3 is 9.47 Å². The Balaban J connectivity index is 0.000000223. The van der Waals surface area contributed by atoms with Gasteiger partial charge in [0.25, 0.3) is 0 Å². The molecule has 2 nitrogen and oxygen atoms in total. The molecule has 2 heteroatoms. The van der Waals surface area contributed by atoms with Crippen molar-refractivity contribution in [2.75, 3.05) is 13.2 Å². The van der Waals surface area contributed by atoms with Gasteiger partial charge in [0.05, 0.1) is 11.2 Å². The molecule has 2 saturated heterocycles. The molecule has 0 aliphatic carbocycles. The molecule has 0 N–H and O–H groups in total. The zero-order valence-electron chi connectivity index (χ0n) is 37.3. The minimum absolute atomic E-state index is 0. The van der Waals surface area contributed by atoms with E-state index in [2.05, 4.69) is 194 Å². The third-order valence-electron chi connectivity index (χ3n) is 12.5. The van der Waals surface area contributed by atoms with Crippen LogP contribution in [-0.4, -0.2) is 24.4 Å². The number of benzene rings is 4. The molecule has 56 heavy (non-hydrogen) atoms. The third-order valence-corrected chi connectivity index (χ3v) is 12.5. The van der Waals surface area contributed by atoms with Gasteiger partial charge in [-0.15, -0.1) is 0 Å². The average molecular weight is 761 g/mol.